The van der Waals surface area contributed by atoms with Crippen LogP contribution in [0, 0.1) is 5.82 Å². The molecule has 2 N–H and O–H groups in total. The average Bonchev–Trinajstić information content (AvgIpc) is 3.06. The first-order valence-corrected chi connectivity index (χ1v) is 15.2. The highest BCUT2D eigenvalue weighted by Crippen LogP contribution is 2.34. The molecule has 0 amide bonds. The van der Waals surface area contributed by atoms with Crippen molar-refractivity contribution in [1.29, 1.82) is 0 Å². The number of aliphatic hydroxyl groups excluding tert-OH is 2. The first-order valence-electron chi connectivity index (χ1n) is 15.2. The summed E-state index contributed by atoms with van der Waals surface area (Å²) in [5.41, 5.74) is 3.85. The zero-order valence-electron chi connectivity index (χ0n) is 26.5. The highest BCUT2D eigenvalue weighted by molar-refractivity contribution is 5.88. The van der Waals surface area contributed by atoms with Crippen molar-refractivity contribution in [3.05, 3.63) is 95.8 Å². The molecule has 0 radical (unpaired) electrons. The lowest BCUT2D eigenvalue weighted by molar-refractivity contribution is -0.146. The summed E-state index contributed by atoms with van der Waals surface area (Å²) in [7, 11) is 0. The molecule has 258 valence electrons. The first kappa shape index (κ1) is 37.8. The summed E-state index contributed by atoms with van der Waals surface area (Å²) in [6.45, 7) is 6.59. The highest BCUT2D eigenvalue weighted by atomic mass is 19.4. The quantitative estimate of drug-likeness (QED) is 0.0478. The minimum Gasteiger partial charge on any atom is -0.457 e. The maximum Gasteiger partial charge on any atom is 0.389 e. The lowest BCUT2D eigenvalue weighted by Gasteiger charge is -2.15. The van der Waals surface area contributed by atoms with Gasteiger partial charge in [0.25, 0.3) is 0 Å². The van der Waals surface area contributed by atoms with Crippen molar-refractivity contribution in [3.8, 4) is 33.8 Å². The van der Waals surface area contributed by atoms with Gasteiger partial charge in [-0.05, 0) is 77.3 Å². The van der Waals surface area contributed by atoms with Crippen molar-refractivity contribution in [3.63, 3.8) is 0 Å². The molecule has 8 nitrogen and oxygen atoms in total. The predicted octanol–water partition coefficient (Wildman–Crippen LogP) is 7.24. The maximum absolute atomic E-state index is 15.0. The number of halogens is 4. The molecule has 0 aliphatic rings. The number of ether oxygens (including phenoxy) is 4. The number of rotatable bonds is 18. The van der Waals surface area contributed by atoms with Gasteiger partial charge in [-0.3, -0.25) is 0 Å². The SMILES string of the molecule is C=C(CO)C(=O)OCOc1cc(OCOC(=O)C(=C)CO)cc(-c2ccc(-c3ccc(CCCCCC(F)(F)F)c(F)c3)c(CC)c2)c1. The number of aliphatic hydroxyl groups is 2. The molecular weight excluding hydrogens is 636 g/mol. The molecule has 48 heavy (non-hydrogen) atoms. The van der Waals surface area contributed by atoms with E-state index in [0.717, 1.165) is 16.7 Å². The Kier molecular flexibility index (Phi) is 14.2. The second-order valence-corrected chi connectivity index (χ2v) is 10.8. The van der Waals surface area contributed by atoms with Gasteiger partial charge < -0.3 is 29.2 Å². The summed E-state index contributed by atoms with van der Waals surface area (Å²) in [6, 6.07) is 15.3. The zero-order valence-corrected chi connectivity index (χ0v) is 26.5. The fourth-order valence-corrected chi connectivity index (χ4v) is 4.62. The number of carbonyl (C=O) groups is 2. The smallest absolute Gasteiger partial charge is 0.389 e. The summed E-state index contributed by atoms with van der Waals surface area (Å²) in [4.78, 5) is 23.7. The van der Waals surface area contributed by atoms with Crippen molar-refractivity contribution >= 4 is 11.9 Å². The molecule has 0 heterocycles. The summed E-state index contributed by atoms with van der Waals surface area (Å²) in [5.74, 6) is -1.64. The van der Waals surface area contributed by atoms with Crippen LogP contribution in [0.2, 0.25) is 0 Å². The molecule has 3 rings (SSSR count). The van der Waals surface area contributed by atoms with E-state index in [1.807, 2.05) is 25.1 Å². The zero-order chi connectivity index (χ0) is 35.3. The number of alkyl halides is 3. The monoisotopic (exact) mass is 674 g/mol. The molecule has 0 saturated heterocycles. The number of benzene rings is 3. The minimum absolute atomic E-state index is 0.0144. The van der Waals surface area contributed by atoms with E-state index in [1.165, 1.54) is 12.1 Å². The molecular formula is C36H38F4O8. The lowest BCUT2D eigenvalue weighted by Crippen LogP contribution is -2.14. The van der Waals surface area contributed by atoms with Crippen LogP contribution < -0.4 is 9.47 Å². The number of esters is 2. The Balaban J connectivity index is 1.82. The van der Waals surface area contributed by atoms with Crippen LogP contribution in [-0.2, 0) is 31.9 Å². The summed E-state index contributed by atoms with van der Waals surface area (Å²) in [6.07, 6.45) is -3.26. The Bertz CT molecular complexity index is 1550. The molecule has 0 spiro atoms. The number of aryl methyl sites for hydroxylation is 2. The Morgan fingerprint density at radius 1 is 0.729 bits per heavy atom. The van der Waals surface area contributed by atoms with Gasteiger partial charge in [-0.25, -0.2) is 14.0 Å². The Morgan fingerprint density at radius 2 is 1.31 bits per heavy atom. The summed E-state index contributed by atoms with van der Waals surface area (Å²) in [5, 5.41) is 18.1. The van der Waals surface area contributed by atoms with Gasteiger partial charge in [-0.15, -0.1) is 0 Å². The van der Waals surface area contributed by atoms with Crippen LogP contribution in [0.15, 0.2) is 78.9 Å². The van der Waals surface area contributed by atoms with Crippen LogP contribution >= 0.6 is 0 Å². The van der Waals surface area contributed by atoms with Crippen molar-refractivity contribution in [2.75, 3.05) is 26.8 Å². The number of hydrogen-bond donors (Lipinski definition) is 2. The van der Waals surface area contributed by atoms with Crippen molar-refractivity contribution in [2.24, 2.45) is 0 Å². The van der Waals surface area contributed by atoms with Crippen LogP contribution in [0.1, 0.15) is 43.7 Å². The second-order valence-electron chi connectivity index (χ2n) is 10.8. The molecule has 12 heteroatoms. The van der Waals surface area contributed by atoms with E-state index in [4.69, 9.17) is 29.2 Å². The molecule has 3 aromatic carbocycles. The van der Waals surface area contributed by atoms with E-state index in [1.54, 1.807) is 24.3 Å². The van der Waals surface area contributed by atoms with Crippen LogP contribution in [-0.4, -0.2) is 55.1 Å². The van der Waals surface area contributed by atoms with Crippen LogP contribution in [0.3, 0.4) is 0 Å². The standard InChI is InChI=1S/C36H38F4O8/c1-4-25-14-27(11-12-32(25)28-10-9-26(33(37)17-28)8-6-5-7-13-36(38,39)40)29-15-30(45-21-47-34(43)23(2)19-41)18-31(16-29)46-22-48-35(44)24(3)20-42/h9-12,14-18,41-42H,2-8,13,19-22H2,1H3. The molecule has 0 aromatic heterocycles. The van der Waals surface area contributed by atoms with E-state index in [0.29, 0.717) is 42.4 Å². The van der Waals surface area contributed by atoms with Gasteiger partial charge in [-0.2, -0.15) is 13.2 Å². The lowest BCUT2D eigenvalue weighted by atomic mass is 9.92. The van der Waals surface area contributed by atoms with Gasteiger partial charge in [0.05, 0.1) is 24.4 Å². The highest BCUT2D eigenvalue weighted by Gasteiger charge is 2.25. The minimum atomic E-state index is -4.19. The number of carbonyl (C=O) groups excluding carboxylic acids is 2. The average molecular weight is 675 g/mol. The van der Waals surface area contributed by atoms with Crippen LogP contribution in [0.25, 0.3) is 22.3 Å². The molecule has 0 fully saturated rings. The van der Waals surface area contributed by atoms with Gasteiger partial charge in [0.2, 0.25) is 13.6 Å². The second kappa shape index (κ2) is 18.0. The Morgan fingerprint density at radius 3 is 1.83 bits per heavy atom. The van der Waals surface area contributed by atoms with Gasteiger partial charge in [0.15, 0.2) is 0 Å². The Labute approximate surface area is 276 Å². The van der Waals surface area contributed by atoms with E-state index >= 15 is 4.39 Å². The fraction of sp³-hybridized carbons (Fsp3) is 0.333. The van der Waals surface area contributed by atoms with E-state index in [2.05, 4.69) is 13.2 Å². The fourth-order valence-electron chi connectivity index (χ4n) is 4.62. The largest absolute Gasteiger partial charge is 0.457 e. The third-order valence-corrected chi connectivity index (χ3v) is 7.26. The predicted molar refractivity (Wildman–Crippen MR) is 171 cm³/mol. The van der Waals surface area contributed by atoms with E-state index in [-0.39, 0.29) is 29.1 Å². The molecule has 0 aliphatic carbocycles. The van der Waals surface area contributed by atoms with Crippen molar-refractivity contribution < 1.29 is 56.3 Å². The molecule has 3 aromatic rings. The van der Waals surface area contributed by atoms with E-state index < -0.39 is 57.2 Å². The van der Waals surface area contributed by atoms with E-state index in [9.17, 15) is 22.8 Å². The van der Waals surface area contributed by atoms with Gasteiger partial charge in [-0.1, -0.05) is 56.8 Å². The molecule has 0 bridgehead atoms. The molecule has 0 atom stereocenters. The summed E-state index contributed by atoms with van der Waals surface area (Å²) >= 11 is 0. The molecule has 0 aliphatic heterocycles. The Hall–Kier alpha value is -4.68. The van der Waals surface area contributed by atoms with Crippen molar-refractivity contribution in [2.45, 2.75) is 51.6 Å². The summed E-state index contributed by atoms with van der Waals surface area (Å²) < 4.78 is 73.3. The molecule has 0 unspecified atom stereocenters. The van der Waals surface area contributed by atoms with Gasteiger partial charge >= 0.3 is 18.1 Å². The third-order valence-electron chi connectivity index (χ3n) is 7.26. The van der Waals surface area contributed by atoms with Gasteiger partial charge in [0.1, 0.15) is 17.3 Å². The third kappa shape index (κ3) is 11.5. The number of hydrogen-bond acceptors (Lipinski definition) is 8. The molecule has 0 saturated carbocycles. The van der Waals surface area contributed by atoms with Crippen LogP contribution in [0.5, 0.6) is 11.5 Å². The normalized spacial score (nSPS) is 11.1. The number of unbranched alkanes of at least 4 members (excludes halogenated alkanes) is 2. The first-order chi connectivity index (χ1) is 22.8. The van der Waals surface area contributed by atoms with Crippen LogP contribution in [0.4, 0.5) is 17.6 Å². The van der Waals surface area contributed by atoms with Gasteiger partial charge in [0, 0.05) is 12.5 Å². The maximum atomic E-state index is 15.0. The topological polar surface area (TPSA) is 112 Å². The van der Waals surface area contributed by atoms with Crippen molar-refractivity contribution in [1.82, 2.24) is 0 Å².